The number of hydrogen-bond acceptors (Lipinski definition) is 1. The summed E-state index contributed by atoms with van der Waals surface area (Å²) in [6.07, 6.45) is 5.69. The predicted molar refractivity (Wildman–Crippen MR) is 90.3 cm³/mol. The van der Waals surface area contributed by atoms with Crippen LogP contribution in [0.3, 0.4) is 0 Å². The van der Waals surface area contributed by atoms with Gasteiger partial charge in [-0.2, -0.15) is 0 Å². The molecule has 0 radical (unpaired) electrons. The normalized spacial score (nSPS) is 14.3. The van der Waals surface area contributed by atoms with Crippen molar-refractivity contribution in [2.75, 3.05) is 20.6 Å². The van der Waals surface area contributed by atoms with E-state index in [1.54, 1.807) is 0 Å². The maximum Gasteiger partial charge on any atom is -0.147 e. The van der Waals surface area contributed by atoms with Gasteiger partial charge >= 0.3 is 116 Å². The Balaban J connectivity index is 0. The van der Waals surface area contributed by atoms with Crippen molar-refractivity contribution in [1.29, 1.82) is 0 Å². The molecule has 1 atom stereocenters. The van der Waals surface area contributed by atoms with Crippen molar-refractivity contribution in [2.24, 2.45) is 0 Å². The summed E-state index contributed by atoms with van der Waals surface area (Å²) in [4.78, 5) is 2.27. The summed E-state index contributed by atoms with van der Waals surface area (Å²) in [5.74, 6) is 0.505. The van der Waals surface area contributed by atoms with Crippen LogP contribution in [0.15, 0.2) is 51.9 Å². The minimum absolute atomic E-state index is 0. The first-order valence-corrected chi connectivity index (χ1v) is 6.77. The van der Waals surface area contributed by atoms with Crippen LogP contribution in [0, 0.1) is 0 Å². The topological polar surface area (TPSA) is 3.24 Å². The van der Waals surface area contributed by atoms with E-state index in [-0.39, 0.29) is 37.2 Å². The number of rotatable bonds is 4. The van der Waals surface area contributed by atoms with Crippen LogP contribution in [0.4, 0.5) is 0 Å². The van der Waals surface area contributed by atoms with Gasteiger partial charge in [0.15, 0.2) is 0 Å². The van der Waals surface area contributed by atoms with Gasteiger partial charge in [0.25, 0.3) is 0 Å². The molecule has 1 nitrogen and oxygen atoms in total. The number of benzene rings is 1. The summed E-state index contributed by atoms with van der Waals surface area (Å²) in [5, 5.41) is 0. The minimum atomic E-state index is 0. The molecule has 5 heteroatoms. The first-order chi connectivity index (χ1) is 8.18. The molecule has 0 aliphatic heterocycles. The van der Waals surface area contributed by atoms with Gasteiger partial charge in [-0.15, -0.1) is 37.2 Å². The summed E-state index contributed by atoms with van der Waals surface area (Å²) < 4.78 is 1.51. The molecule has 0 fully saturated rings. The van der Waals surface area contributed by atoms with Crippen LogP contribution in [-0.2, 0) is 20.4 Å². The van der Waals surface area contributed by atoms with Crippen LogP contribution >= 0.6 is 37.2 Å². The van der Waals surface area contributed by atoms with Gasteiger partial charge in [-0.1, -0.05) is 0 Å². The zero-order valence-electron chi connectivity index (χ0n) is 11.7. The molecule has 1 unspecified atom stereocenters. The van der Waals surface area contributed by atoms with Crippen molar-refractivity contribution in [3.8, 4) is 0 Å². The van der Waals surface area contributed by atoms with Crippen molar-refractivity contribution in [1.82, 2.24) is 4.90 Å². The second-order valence-corrected chi connectivity index (χ2v) is 5.71. The molecule has 1 aromatic carbocycles. The standard InChI is InChI=1S/C15H18N.3ClH.Ti/c1-16(2)12-15(14-10-6-7-11-14)13-8-4-3-5-9-13;;;;/h3-6,8-10,15H,7,12H2,1-2H3;3*1H;. The van der Waals surface area contributed by atoms with E-state index in [0.717, 1.165) is 13.0 Å². The average Bonchev–Trinajstić information content (AvgIpc) is 2.73. The third-order valence-corrected chi connectivity index (χ3v) is 3.86. The fourth-order valence-electron chi connectivity index (χ4n) is 2.28. The van der Waals surface area contributed by atoms with E-state index in [2.05, 4.69) is 81.9 Å². The number of hydrogen-bond donors (Lipinski definition) is 0. The molecule has 0 bridgehead atoms. The molecule has 0 heterocycles. The molecule has 1 aliphatic rings. The van der Waals surface area contributed by atoms with Gasteiger partial charge in [0, 0.05) is 0 Å². The third kappa shape index (κ3) is 5.93. The van der Waals surface area contributed by atoms with Gasteiger partial charge in [-0.05, 0) is 0 Å². The monoisotopic (exact) mass is 368 g/mol. The molecule has 20 heavy (non-hydrogen) atoms. The fraction of sp³-hybridized carbons (Fsp3) is 0.333. The first kappa shape index (κ1) is 22.5. The molecule has 0 aromatic heterocycles. The van der Waals surface area contributed by atoms with E-state index in [0.29, 0.717) is 5.92 Å². The van der Waals surface area contributed by atoms with E-state index in [1.807, 2.05) is 0 Å². The van der Waals surface area contributed by atoms with Gasteiger partial charge in [0.05, 0.1) is 0 Å². The van der Waals surface area contributed by atoms with Crippen molar-refractivity contribution in [3.05, 3.63) is 57.5 Å². The molecular weight excluding hydrogens is 348 g/mol. The van der Waals surface area contributed by atoms with Crippen molar-refractivity contribution >= 4 is 37.2 Å². The smallest absolute Gasteiger partial charge is 0.147 e. The van der Waals surface area contributed by atoms with Crippen LogP contribution in [-0.4, -0.2) is 25.5 Å². The number of allylic oxidation sites excluding steroid dienone is 3. The third-order valence-electron chi connectivity index (χ3n) is 3.09. The largest absolute Gasteiger partial charge is 0.147 e. The van der Waals surface area contributed by atoms with E-state index >= 15 is 0 Å². The van der Waals surface area contributed by atoms with Crippen LogP contribution in [0.25, 0.3) is 0 Å². The van der Waals surface area contributed by atoms with E-state index < -0.39 is 0 Å². The Kier molecular flexibility index (Phi) is 12.3. The Hall–Kier alpha value is 0.244. The first-order valence-electron chi connectivity index (χ1n) is 5.99. The maximum absolute atomic E-state index is 2.30. The van der Waals surface area contributed by atoms with Gasteiger partial charge in [0.1, 0.15) is 0 Å². The number of nitrogens with zero attached hydrogens (tertiary/aromatic N) is 1. The fourth-order valence-corrected chi connectivity index (χ4v) is 2.87. The Morgan fingerprint density at radius 3 is 2.15 bits per heavy atom. The molecule has 0 saturated heterocycles. The molecule has 111 valence electrons. The Labute approximate surface area is 152 Å². The molecule has 0 saturated carbocycles. The molecule has 0 spiro atoms. The number of likely N-dealkylation sites (N-methyl/N-ethyl adjacent to an activating group) is 1. The Morgan fingerprint density at radius 1 is 1.10 bits per heavy atom. The maximum atomic E-state index is 2.30. The van der Waals surface area contributed by atoms with E-state index in [9.17, 15) is 0 Å². The van der Waals surface area contributed by atoms with Crippen molar-refractivity contribution in [3.63, 3.8) is 0 Å². The van der Waals surface area contributed by atoms with Gasteiger partial charge in [-0.3, -0.25) is 0 Å². The summed E-state index contributed by atoms with van der Waals surface area (Å²) in [6.45, 7) is 1.07. The Morgan fingerprint density at radius 2 is 1.70 bits per heavy atom. The zero-order chi connectivity index (χ0) is 12.3. The molecule has 1 aromatic rings. The quantitative estimate of drug-likeness (QED) is 0.713. The van der Waals surface area contributed by atoms with E-state index in [1.165, 1.54) is 15.0 Å². The molecule has 0 N–H and O–H groups in total. The summed E-state index contributed by atoms with van der Waals surface area (Å²) in [7, 11) is 4.29. The average molecular weight is 370 g/mol. The van der Waals surface area contributed by atoms with Gasteiger partial charge in [-0.25, -0.2) is 0 Å². The SMILES string of the molecule is CN(C)CC(C1=[C]([Ti])CC=C1)c1ccccc1.Cl.Cl.Cl. The second-order valence-electron chi connectivity index (χ2n) is 4.77. The van der Waals surface area contributed by atoms with Crippen molar-refractivity contribution in [2.45, 2.75) is 12.3 Å². The van der Waals surface area contributed by atoms with E-state index in [4.69, 9.17) is 0 Å². The second kappa shape index (κ2) is 10.9. The van der Waals surface area contributed by atoms with Crippen LogP contribution < -0.4 is 0 Å². The van der Waals surface area contributed by atoms with Gasteiger partial charge in [0.2, 0.25) is 0 Å². The molecule has 1 aliphatic carbocycles. The zero-order valence-corrected chi connectivity index (χ0v) is 15.7. The predicted octanol–water partition coefficient (Wildman–Crippen LogP) is 4.36. The van der Waals surface area contributed by atoms with Crippen LogP contribution in [0.1, 0.15) is 17.9 Å². The summed E-state index contributed by atoms with van der Waals surface area (Å²) >= 11 is 2.25. The Bertz CT molecular complexity index is 444. The van der Waals surface area contributed by atoms with Gasteiger partial charge < -0.3 is 0 Å². The minimum Gasteiger partial charge on any atom is -0.147 e. The van der Waals surface area contributed by atoms with Crippen LogP contribution in [0.5, 0.6) is 0 Å². The van der Waals surface area contributed by atoms with Crippen LogP contribution in [0.2, 0.25) is 0 Å². The number of halogens is 3. The molecule has 0 amide bonds. The summed E-state index contributed by atoms with van der Waals surface area (Å²) in [6, 6.07) is 10.8. The summed E-state index contributed by atoms with van der Waals surface area (Å²) in [5.41, 5.74) is 2.92. The molecule has 2 rings (SSSR count). The van der Waals surface area contributed by atoms with Crippen molar-refractivity contribution < 1.29 is 20.4 Å². The molecular formula is C15H21Cl3NTi.